The second-order valence-corrected chi connectivity index (χ2v) is 13.5. The molecule has 0 spiro atoms. The Kier molecular flexibility index (Phi) is 9.41. The van der Waals surface area contributed by atoms with Crippen molar-refractivity contribution in [2.45, 2.75) is 19.5 Å². The fourth-order valence-corrected chi connectivity index (χ4v) is 7.45. The van der Waals surface area contributed by atoms with Gasteiger partial charge >= 0.3 is 5.97 Å². The van der Waals surface area contributed by atoms with Crippen molar-refractivity contribution in [1.82, 2.24) is 24.2 Å². The molecule has 2 N–H and O–H groups in total. The van der Waals surface area contributed by atoms with Gasteiger partial charge in [0, 0.05) is 85.5 Å². The molecule has 0 radical (unpaired) electrons. The Morgan fingerprint density at radius 1 is 0.918 bits per heavy atom. The normalized spacial score (nSPS) is 17.0. The van der Waals surface area contributed by atoms with Gasteiger partial charge in [0.05, 0.1) is 34.3 Å². The average Bonchev–Trinajstić information content (AvgIpc) is 3.57. The number of halogens is 2. The van der Waals surface area contributed by atoms with E-state index in [9.17, 15) is 19.8 Å². The smallest absolute Gasteiger partial charge is 0.307 e. The first-order chi connectivity index (χ1) is 23.7. The van der Waals surface area contributed by atoms with E-state index in [1.54, 1.807) is 19.5 Å². The first-order valence-electron chi connectivity index (χ1n) is 16.1. The molecule has 0 bridgehead atoms. The minimum atomic E-state index is -0.805. The van der Waals surface area contributed by atoms with Crippen molar-refractivity contribution in [2.24, 2.45) is 11.8 Å². The van der Waals surface area contributed by atoms with Gasteiger partial charge in [0.15, 0.2) is 0 Å². The molecule has 12 heteroatoms. The second-order valence-electron chi connectivity index (χ2n) is 12.7. The zero-order valence-electron chi connectivity index (χ0n) is 26.9. The van der Waals surface area contributed by atoms with Crippen LogP contribution in [0.25, 0.3) is 39.2 Å². The van der Waals surface area contributed by atoms with Crippen LogP contribution in [0.1, 0.15) is 17.5 Å². The van der Waals surface area contributed by atoms with Gasteiger partial charge in [-0.25, -0.2) is 9.97 Å². The van der Waals surface area contributed by atoms with Gasteiger partial charge in [-0.15, -0.1) is 0 Å². The summed E-state index contributed by atoms with van der Waals surface area (Å²) in [7, 11) is 1.61. The molecule has 0 amide bonds. The summed E-state index contributed by atoms with van der Waals surface area (Å²) in [5.74, 6) is -0.361. The number of carboxylic acid groups (broad SMARTS) is 1. The number of carboxylic acids is 1. The fraction of sp³-hybridized carbons (Fsp3) is 0.297. The minimum absolute atomic E-state index is 0.187. The maximum Gasteiger partial charge on any atom is 0.307 e. The maximum atomic E-state index is 13.3. The summed E-state index contributed by atoms with van der Waals surface area (Å²) in [6.07, 6.45) is 3.84. The molecule has 2 aliphatic rings. The first-order valence-corrected chi connectivity index (χ1v) is 16.9. The Bertz CT molecular complexity index is 2120. The molecule has 0 aliphatic carbocycles. The van der Waals surface area contributed by atoms with Gasteiger partial charge in [-0.3, -0.25) is 23.8 Å². The maximum absolute atomic E-state index is 13.3. The molecule has 2 saturated heterocycles. The quantitative estimate of drug-likeness (QED) is 0.188. The number of aliphatic hydroxyl groups excluding tert-OH is 1. The van der Waals surface area contributed by atoms with Crippen LogP contribution in [0.4, 0.5) is 0 Å². The molecular formula is C37H35Cl2N5O5. The lowest BCUT2D eigenvalue weighted by atomic mass is 9.97. The Balaban J connectivity index is 1.16. The number of ether oxygens (including phenoxy) is 1. The number of rotatable bonds is 10. The van der Waals surface area contributed by atoms with E-state index in [1.165, 1.54) is 4.40 Å². The van der Waals surface area contributed by atoms with Crippen molar-refractivity contribution in [3.05, 3.63) is 105 Å². The summed E-state index contributed by atoms with van der Waals surface area (Å²) in [6, 6.07) is 19.1. The van der Waals surface area contributed by atoms with Gasteiger partial charge in [-0.2, -0.15) is 0 Å². The lowest BCUT2D eigenvalue weighted by molar-refractivity contribution is -0.141. The Morgan fingerprint density at radius 3 is 2.31 bits per heavy atom. The van der Waals surface area contributed by atoms with Crippen LogP contribution in [-0.2, 0) is 17.9 Å². The zero-order valence-corrected chi connectivity index (χ0v) is 28.4. The highest BCUT2D eigenvalue weighted by atomic mass is 35.5. The first kappa shape index (κ1) is 33.2. The van der Waals surface area contributed by atoms with E-state index in [0.29, 0.717) is 71.3 Å². The van der Waals surface area contributed by atoms with Crippen LogP contribution in [-0.4, -0.2) is 80.2 Å². The number of pyridine rings is 2. The summed E-state index contributed by atoms with van der Waals surface area (Å²) in [5, 5.41) is 19.7. The van der Waals surface area contributed by atoms with E-state index in [-0.39, 0.29) is 12.2 Å². The molecule has 0 unspecified atom stereocenters. The summed E-state index contributed by atoms with van der Waals surface area (Å²) in [4.78, 5) is 38.3. The van der Waals surface area contributed by atoms with Crippen molar-refractivity contribution in [1.29, 1.82) is 0 Å². The van der Waals surface area contributed by atoms with Crippen molar-refractivity contribution in [3.63, 3.8) is 0 Å². The molecule has 3 aromatic heterocycles. The molecule has 5 aromatic rings. The lowest BCUT2D eigenvalue weighted by Crippen LogP contribution is -2.47. The molecule has 5 heterocycles. The predicted octanol–water partition coefficient (Wildman–Crippen LogP) is 5.74. The van der Waals surface area contributed by atoms with E-state index in [0.717, 1.165) is 46.5 Å². The third kappa shape index (κ3) is 6.54. The van der Waals surface area contributed by atoms with Crippen molar-refractivity contribution >= 4 is 34.8 Å². The Hall–Kier alpha value is -4.32. The van der Waals surface area contributed by atoms with Crippen LogP contribution in [0.2, 0.25) is 10.0 Å². The third-order valence-electron chi connectivity index (χ3n) is 9.49. The number of methoxy groups -OCH3 is 1. The number of carbonyl (C=O) groups is 1. The SMILES string of the molecule is COc1nc(-c2cccc(-c3cccc(-c4ccn5c(=O)c(CN6CC[C@H](C(=O)O)C6)cnc5c4)c3Cl)c2Cl)ccc1CN1CC(CO)C1. The summed E-state index contributed by atoms with van der Waals surface area (Å²) in [5.41, 5.74) is 6.23. The van der Waals surface area contributed by atoms with Crippen LogP contribution in [0.5, 0.6) is 5.88 Å². The molecule has 10 nitrogen and oxygen atoms in total. The van der Waals surface area contributed by atoms with Gasteiger partial charge in [0.25, 0.3) is 5.56 Å². The number of hydrogen-bond acceptors (Lipinski definition) is 8. The standard InChI is InChI=1S/C37H35Cl2N5O5/c1-49-35-24(18-43-16-22(17-43)21-45)8-9-31(41-35)30-7-3-6-29(34(30)39)28-5-2-4-27(33(28)38)23-11-13-44-32(14-23)40-15-26(36(44)46)20-42-12-10-25(19-42)37(47)48/h2-9,11,13-15,22,25,45H,10,12,16-21H2,1H3,(H,47,48)/t25-/m0/s1. The molecule has 1 atom stereocenters. The molecule has 0 saturated carbocycles. The van der Waals surface area contributed by atoms with E-state index in [2.05, 4.69) is 9.88 Å². The van der Waals surface area contributed by atoms with Crippen LogP contribution in [0.3, 0.4) is 0 Å². The van der Waals surface area contributed by atoms with E-state index in [1.807, 2.05) is 65.6 Å². The molecule has 252 valence electrons. The van der Waals surface area contributed by atoms with Gasteiger partial charge < -0.3 is 14.9 Å². The van der Waals surface area contributed by atoms with Crippen LogP contribution < -0.4 is 10.3 Å². The highest BCUT2D eigenvalue weighted by Crippen LogP contribution is 2.42. The summed E-state index contributed by atoms with van der Waals surface area (Å²) < 4.78 is 7.16. The highest BCUT2D eigenvalue weighted by Gasteiger charge is 2.29. The Labute approximate surface area is 293 Å². The number of likely N-dealkylation sites (tertiary alicyclic amines) is 2. The molecule has 2 aliphatic heterocycles. The number of hydrogen-bond donors (Lipinski definition) is 2. The molecule has 2 fully saturated rings. The van der Waals surface area contributed by atoms with Crippen LogP contribution in [0.15, 0.2) is 77.9 Å². The summed E-state index contributed by atoms with van der Waals surface area (Å²) in [6.45, 7) is 3.99. The molecular weight excluding hydrogens is 665 g/mol. The van der Waals surface area contributed by atoms with E-state index >= 15 is 0 Å². The van der Waals surface area contributed by atoms with Crippen molar-refractivity contribution in [3.8, 4) is 39.4 Å². The van der Waals surface area contributed by atoms with Gasteiger partial charge in [0.1, 0.15) is 5.65 Å². The average molecular weight is 701 g/mol. The number of aliphatic hydroxyl groups is 1. The number of nitrogens with zero attached hydrogens (tertiary/aromatic N) is 5. The Morgan fingerprint density at radius 2 is 1.61 bits per heavy atom. The van der Waals surface area contributed by atoms with Crippen LogP contribution >= 0.6 is 23.2 Å². The number of fused-ring (bicyclic) bond motifs is 1. The number of aliphatic carboxylic acids is 1. The summed E-state index contributed by atoms with van der Waals surface area (Å²) >= 11 is 14.2. The predicted molar refractivity (Wildman–Crippen MR) is 189 cm³/mol. The van der Waals surface area contributed by atoms with Gasteiger partial charge in [0.2, 0.25) is 5.88 Å². The van der Waals surface area contributed by atoms with Crippen LogP contribution in [0, 0.1) is 11.8 Å². The van der Waals surface area contributed by atoms with Crippen molar-refractivity contribution in [2.75, 3.05) is 39.9 Å². The number of aromatic nitrogens is 3. The zero-order chi connectivity index (χ0) is 34.2. The molecule has 49 heavy (non-hydrogen) atoms. The number of benzene rings is 2. The lowest BCUT2D eigenvalue weighted by Gasteiger charge is -2.38. The second kappa shape index (κ2) is 13.9. The topological polar surface area (TPSA) is 120 Å². The van der Waals surface area contributed by atoms with Crippen molar-refractivity contribution < 1.29 is 19.7 Å². The van der Waals surface area contributed by atoms with E-state index in [4.69, 9.17) is 32.9 Å². The largest absolute Gasteiger partial charge is 0.481 e. The fourth-order valence-electron chi connectivity index (χ4n) is 6.79. The minimum Gasteiger partial charge on any atom is -0.481 e. The third-order valence-corrected chi connectivity index (χ3v) is 10.3. The monoisotopic (exact) mass is 699 g/mol. The van der Waals surface area contributed by atoms with E-state index < -0.39 is 11.9 Å². The molecule has 7 rings (SSSR count). The highest BCUT2D eigenvalue weighted by molar-refractivity contribution is 6.39. The molecule has 2 aromatic carbocycles. The van der Waals surface area contributed by atoms with Gasteiger partial charge in [-0.05, 0) is 36.7 Å². The van der Waals surface area contributed by atoms with Gasteiger partial charge in [-0.1, -0.05) is 65.7 Å².